The summed E-state index contributed by atoms with van der Waals surface area (Å²) in [6.07, 6.45) is 8.04. The first kappa shape index (κ1) is 13.8. The molecule has 2 unspecified atom stereocenters. The Morgan fingerprint density at radius 3 is 2.67 bits per heavy atom. The Hall–Kier alpha value is -0.620. The normalized spacial score (nSPS) is 23.1. The standard InChI is InChI=1S/C12H20N4S2/c1-13-10-7-11(16-12(15-10)18-3)14-8-5-4-6-9(8)17-2/h7-9H,4-6H2,1-3H3,(H2,13,14,15,16). The molecule has 4 nitrogen and oxygen atoms in total. The molecule has 0 aliphatic heterocycles. The van der Waals surface area contributed by atoms with Gasteiger partial charge in [0.15, 0.2) is 5.16 Å². The molecule has 2 rings (SSSR count). The van der Waals surface area contributed by atoms with Crippen LogP contribution in [0.25, 0.3) is 0 Å². The molecule has 0 aromatic carbocycles. The zero-order chi connectivity index (χ0) is 13.0. The van der Waals surface area contributed by atoms with Crippen molar-refractivity contribution in [1.82, 2.24) is 9.97 Å². The Bertz CT molecular complexity index is 377. The maximum Gasteiger partial charge on any atom is 0.191 e. The van der Waals surface area contributed by atoms with Gasteiger partial charge < -0.3 is 10.6 Å². The van der Waals surface area contributed by atoms with Gasteiger partial charge in [0.25, 0.3) is 0 Å². The zero-order valence-corrected chi connectivity index (χ0v) is 12.7. The molecule has 6 heteroatoms. The highest BCUT2D eigenvalue weighted by Crippen LogP contribution is 2.31. The summed E-state index contributed by atoms with van der Waals surface area (Å²) in [5.41, 5.74) is 0. The lowest BCUT2D eigenvalue weighted by atomic mass is 10.2. The molecule has 1 heterocycles. The summed E-state index contributed by atoms with van der Waals surface area (Å²) in [7, 11) is 1.89. The summed E-state index contributed by atoms with van der Waals surface area (Å²) in [6.45, 7) is 0. The van der Waals surface area contributed by atoms with Gasteiger partial charge in [0.05, 0.1) is 0 Å². The number of thioether (sulfide) groups is 2. The number of anilines is 2. The molecule has 2 N–H and O–H groups in total. The highest BCUT2D eigenvalue weighted by molar-refractivity contribution is 7.99. The molecule has 0 amide bonds. The lowest BCUT2D eigenvalue weighted by Crippen LogP contribution is -2.26. The van der Waals surface area contributed by atoms with Gasteiger partial charge in [-0.05, 0) is 25.4 Å². The minimum atomic E-state index is 0.536. The van der Waals surface area contributed by atoms with Gasteiger partial charge in [-0.25, -0.2) is 9.97 Å². The molecule has 100 valence electrons. The maximum atomic E-state index is 4.52. The fourth-order valence-corrected chi connectivity index (χ4v) is 3.60. The van der Waals surface area contributed by atoms with E-state index in [2.05, 4.69) is 26.9 Å². The van der Waals surface area contributed by atoms with Crippen LogP contribution in [-0.4, -0.2) is 40.8 Å². The van der Waals surface area contributed by atoms with Crippen LogP contribution in [0.1, 0.15) is 19.3 Å². The van der Waals surface area contributed by atoms with Gasteiger partial charge in [0.2, 0.25) is 0 Å². The van der Waals surface area contributed by atoms with Crippen molar-refractivity contribution in [3.8, 4) is 0 Å². The molecule has 0 bridgehead atoms. The summed E-state index contributed by atoms with van der Waals surface area (Å²) in [4.78, 5) is 8.90. The predicted molar refractivity (Wildman–Crippen MR) is 81.9 cm³/mol. The Morgan fingerprint density at radius 1 is 1.22 bits per heavy atom. The molecule has 1 fully saturated rings. The van der Waals surface area contributed by atoms with E-state index in [0.717, 1.165) is 16.8 Å². The minimum Gasteiger partial charge on any atom is -0.373 e. The van der Waals surface area contributed by atoms with Gasteiger partial charge in [-0.2, -0.15) is 11.8 Å². The van der Waals surface area contributed by atoms with E-state index < -0.39 is 0 Å². The van der Waals surface area contributed by atoms with Gasteiger partial charge in [-0.1, -0.05) is 18.2 Å². The van der Waals surface area contributed by atoms with Crippen LogP contribution in [0.3, 0.4) is 0 Å². The Labute approximate surface area is 117 Å². The van der Waals surface area contributed by atoms with Crippen molar-refractivity contribution in [3.05, 3.63) is 6.07 Å². The number of nitrogens with zero attached hydrogens (tertiary/aromatic N) is 2. The van der Waals surface area contributed by atoms with Crippen LogP contribution < -0.4 is 10.6 Å². The third-order valence-electron chi connectivity index (χ3n) is 3.23. The van der Waals surface area contributed by atoms with E-state index in [0.29, 0.717) is 11.3 Å². The van der Waals surface area contributed by atoms with Crippen molar-refractivity contribution < 1.29 is 0 Å². The molecule has 0 radical (unpaired) electrons. The maximum absolute atomic E-state index is 4.52. The average molecular weight is 284 g/mol. The molecule has 2 atom stereocenters. The van der Waals surface area contributed by atoms with Crippen molar-refractivity contribution in [2.45, 2.75) is 35.7 Å². The zero-order valence-electron chi connectivity index (χ0n) is 11.1. The van der Waals surface area contributed by atoms with Crippen molar-refractivity contribution in [1.29, 1.82) is 0 Å². The first-order valence-corrected chi connectivity index (χ1v) is 8.68. The summed E-state index contributed by atoms with van der Waals surface area (Å²) in [5.74, 6) is 1.81. The van der Waals surface area contributed by atoms with E-state index in [9.17, 15) is 0 Å². The van der Waals surface area contributed by atoms with Crippen molar-refractivity contribution in [3.63, 3.8) is 0 Å². The van der Waals surface area contributed by atoms with E-state index in [1.807, 2.05) is 31.1 Å². The van der Waals surface area contributed by atoms with Crippen LogP contribution in [0.2, 0.25) is 0 Å². The Balaban J connectivity index is 2.12. The van der Waals surface area contributed by atoms with E-state index >= 15 is 0 Å². The fraction of sp³-hybridized carbons (Fsp3) is 0.667. The van der Waals surface area contributed by atoms with Crippen LogP contribution in [0.5, 0.6) is 0 Å². The minimum absolute atomic E-state index is 0.536. The average Bonchev–Trinajstić information content (AvgIpc) is 2.85. The predicted octanol–water partition coefficient (Wildman–Crippen LogP) is 2.94. The quantitative estimate of drug-likeness (QED) is 0.640. The molecule has 1 aliphatic rings. The van der Waals surface area contributed by atoms with E-state index in [4.69, 9.17) is 0 Å². The number of hydrogen-bond donors (Lipinski definition) is 2. The van der Waals surface area contributed by atoms with Crippen molar-refractivity contribution >= 4 is 35.2 Å². The second-order valence-corrected chi connectivity index (χ2v) is 6.18. The van der Waals surface area contributed by atoms with Gasteiger partial charge in [0, 0.05) is 24.4 Å². The molecule has 0 spiro atoms. The molecular weight excluding hydrogens is 264 g/mol. The summed E-state index contributed by atoms with van der Waals surface area (Å²) in [6, 6.07) is 2.52. The first-order valence-electron chi connectivity index (χ1n) is 6.17. The molecular formula is C12H20N4S2. The SMILES string of the molecule is CNc1cc(NC2CCCC2SC)nc(SC)n1. The second-order valence-electron chi connectivity index (χ2n) is 4.33. The van der Waals surface area contributed by atoms with E-state index in [-0.39, 0.29) is 0 Å². The van der Waals surface area contributed by atoms with Crippen LogP contribution in [0.4, 0.5) is 11.6 Å². The van der Waals surface area contributed by atoms with E-state index in [1.165, 1.54) is 19.3 Å². The fourth-order valence-electron chi connectivity index (χ4n) is 2.28. The van der Waals surface area contributed by atoms with Crippen molar-refractivity contribution in [2.24, 2.45) is 0 Å². The first-order chi connectivity index (χ1) is 8.76. The van der Waals surface area contributed by atoms with Gasteiger partial charge in [0.1, 0.15) is 11.6 Å². The molecule has 1 aromatic heterocycles. The Morgan fingerprint density at radius 2 is 2.00 bits per heavy atom. The number of nitrogens with one attached hydrogen (secondary N) is 2. The number of hydrogen-bond acceptors (Lipinski definition) is 6. The number of aromatic nitrogens is 2. The lowest BCUT2D eigenvalue weighted by molar-refractivity contribution is 0.758. The topological polar surface area (TPSA) is 49.8 Å². The van der Waals surface area contributed by atoms with Gasteiger partial charge in [-0.15, -0.1) is 0 Å². The van der Waals surface area contributed by atoms with E-state index in [1.54, 1.807) is 11.8 Å². The second kappa shape index (κ2) is 6.52. The molecule has 18 heavy (non-hydrogen) atoms. The third kappa shape index (κ3) is 3.23. The summed E-state index contributed by atoms with van der Waals surface area (Å²) >= 11 is 3.52. The monoisotopic (exact) mass is 284 g/mol. The highest BCUT2D eigenvalue weighted by atomic mass is 32.2. The highest BCUT2D eigenvalue weighted by Gasteiger charge is 2.26. The van der Waals surface area contributed by atoms with Gasteiger partial charge >= 0.3 is 0 Å². The van der Waals surface area contributed by atoms with Crippen LogP contribution in [0, 0.1) is 0 Å². The largest absolute Gasteiger partial charge is 0.373 e. The Kier molecular flexibility index (Phi) is 5.00. The number of rotatable bonds is 5. The summed E-state index contributed by atoms with van der Waals surface area (Å²) in [5, 5.41) is 8.16. The third-order valence-corrected chi connectivity index (χ3v) is 4.95. The lowest BCUT2D eigenvalue weighted by Gasteiger charge is -2.20. The summed E-state index contributed by atoms with van der Waals surface area (Å²) < 4.78 is 0. The van der Waals surface area contributed by atoms with Crippen LogP contribution in [0.15, 0.2) is 11.2 Å². The van der Waals surface area contributed by atoms with Crippen molar-refractivity contribution in [2.75, 3.05) is 30.2 Å². The van der Waals surface area contributed by atoms with Gasteiger partial charge in [-0.3, -0.25) is 0 Å². The molecule has 1 aromatic rings. The van der Waals surface area contributed by atoms with Crippen LogP contribution in [-0.2, 0) is 0 Å². The van der Waals surface area contributed by atoms with Crippen LogP contribution >= 0.6 is 23.5 Å². The molecule has 0 saturated heterocycles. The smallest absolute Gasteiger partial charge is 0.191 e. The molecule has 1 saturated carbocycles. The molecule has 1 aliphatic carbocycles.